The van der Waals surface area contributed by atoms with Crippen molar-refractivity contribution in [2.24, 2.45) is 0 Å². The molecule has 0 saturated carbocycles. The van der Waals surface area contributed by atoms with E-state index in [4.69, 9.17) is 4.74 Å². The normalized spacial score (nSPS) is 10.8. The molecule has 0 aliphatic heterocycles. The van der Waals surface area contributed by atoms with Crippen molar-refractivity contribution in [2.45, 2.75) is 20.0 Å². The molecule has 0 amide bonds. The van der Waals surface area contributed by atoms with Gasteiger partial charge in [0.25, 0.3) is 0 Å². The zero-order valence-corrected chi connectivity index (χ0v) is 12.2. The standard InChI is InChI=1S/C17H20FNO/c1-13-4-6-14(7-5-13)11-19(2)12-15-8-9-17(20-3)16(18)10-15/h4-10H,11-12H2,1-3H3. The minimum Gasteiger partial charge on any atom is -0.494 e. The van der Waals surface area contributed by atoms with E-state index in [0.717, 1.165) is 12.1 Å². The highest BCUT2D eigenvalue weighted by Gasteiger charge is 2.06. The van der Waals surface area contributed by atoms with Gasteiger partial charge in [-0.2, -0.15) is 0 Å². The molecule has 0 N–H and O–H groups in total. The second-order valence-electron chi connectivity index (χ2n) is 5.13. The largest absolute Gasteiger partial charge is 0.494 e. The molecule has 0 radical (unpaired) electrons. The number of aryl methyl sites for hydroxylation is 1. The molecule has 0 unspecified atom stereocenters. The summed E-state index contributed by atoms with van der Waals surface area (Å²) in [6, 6.07) is 13.6. The fourth-order valence-corrected chi connectivity index (χ4v) is 2.18. The van der Waals surface area contributed by atoms with Crippen molar-refractivity contribution >= 4 is 0 Å². The second-order valence-corrected chi connectivity index (χ2v) is 5.13. The van der Waals surface area contributed by atoms with Gasteiger partial charge in [0, 0.05) is 13.1 Å². The molecule has 2 aromatic carbocycles. The number of hydrogen-bond donors (Lipinski definition) is 0. The summed E-state index contributed by atoms with van der Waals surface area (Å²) in [6.07, 6.45) is 0. The van der Waals surface area contributed by atoms with E-state index >= 15 is 0 Å². The number of halogens is 1. The van der Waals surface area contributed by atoms with Crippen LogP contribution in [0.5, 0.6) is 5.75 Å². The summed E-state index contributed by atoms with van der Waals surface area (Å²) >= 11 is 0. The van der Waals surface area contributed by atoms with Crippen LogP contribution in [0.15, 0.2) is 42.5 Å². The van der Waals surface area contributed by atoms with E-state index in [-0.39, 0.29) is 11.6 Å². The molecule has 2 aromatic rings. The summed E-state index contributed by atoms with van der Waals surface area (Å²) in [5.41, 5.74) is 3.46. The predicted octanol–water partition coefficient (Wildman–Crippen LogP) is 3.77. The van der Waals surface area contributed by atoms with Crippen LogP contribution in [0.2, 0.25) is 0 Å². The van der Waals surface area contributed by atoms with E-state index in [1.165, 1.54) is 24.3 Å². The van der Waals surface area contributed by atoms with Gasteiger partial charge in [-0.1, -0.05) is 35.9 Å². The Morgan fingerprint density at radius 3 is 2.20 bits per heavy atom. The Morgan fingerprint density at radius 1 is 1.00 bits per heavy atom. The average Bonchev–Trinajstić information content (AvgIpc) is 2.41. The number of nitrogens with zero attached hydrogens (tertiary/aromatic N) is 1. The van der Waals surface area contributed by atoms with Crippen LogP contribution >= 0.6 is 0 Å². The van der Waals surface area contributed by atoms with Crippen LogP contribution in [0.1, 0.15) is 16.7 Å². The molecule has 0 aliphatic carbocycles. The molecule has 20 heavy (non-hydrogen) atoms. The van der Waals surface area contributed by atoms with Crippen molar-refractivity contribution < 1.29 is 9.13 Å². The number of ether oxygens (including phenoxy) is 1. The maximum Gasteiger partial charge on any atom is 0.165 e. The minimum absolute atomic E-state index is 0.287. The van der Waals surface area contributed by atoms with Crippen LogP contribution in [-0.2, 0) is 13.1 Å². The Hall–Kier alpha value is -1.87. The lowest BCUT2D eigenvalue weighted by atomic mass is 10.1. The maximum atomic E-state index is 13.6. The van der Waals surface area contributed by atoms with Crippen LogP contribution in [0.4, 0.5) is 4.39 Å². The van der Waals surface area contributed by atoms with Gasteiger partial charge < -0.3 is 4.74 Å². The third kappa shape index (κ3) is 3.81. The van der Waals surface area contributed by atoms with E-state index in [9.17, 15) is 4.39 Å². The van der Waals surface area contributed by atoms with E-state index < -0.39 is 0 Å². The molecule has 0 aliphatic rings. The first-order chi connectivity index (χ1) is 9.58. The molecule has 0 atom stereocenters. The quantitative estimate of drug-likeness (QED) is 0.822. The number of hydrogen-bond acceptors (Lipinski definition) is 2. The van der Waals surface area contributed by atoms with E-state index in [1.54, 1.807) is 6.07 Å². The first-order valence-corrected chi connectivity index (χ1v) is 6.65. The lowest BCUT2D eigenvalue weighted by Crippen LogP contribution is -2.17. The molecule has 0 aromatic heterocycles. The minimum atomic E-state index is -0.311. The number of methoxy groups -OCH3 is 1. The van der Waals surface area contributed by atoms with Crippen molar-refractivity contribution in [3.8, 4) is 5.75 Å². The molecule has 0 spiro atoms. The smallest absolute Gasteiger partial charge is 0.165 e. The van der Waals surface area contributed by atoms with Crippen LogP contribution in [0.25, 0.3) is 0 Å². The zero-order chi connectivity index (χ0) is 14.5. The summed E-state index contributed by atoms with van der Waals surface area (Å²) < 4.78 is 18.6. The fraction of sp³-hybridized carbons (Fsp3) is 0.294. The van der Waals surface area contributed by atoms with Crippen molar-refractivity contribution in [1.82, 2.24) is 4.90 Å². The molecule has 2 rings (SSSR count). The highest BCUT2D eigenvalue weighted by molar-refractivity contribution is 5.29. The second kappa shape index (κ2) is 6.53. The third-order valence-electron chi connectivity index (χ3n) is 3.24. The van der Waals surface area contributed by atoms with E-state index in [1.807, 2.05) is 13.1 Å². The number of benzene rings is 2. The van der Waals surface area contributed by atoms with Crippen LogP contribution in [0, 0.1) is 12.7 Å². The lowest BCUT2D eigenvalue weighted by molar-refractivity contribution is 0.317. The van der Waals surface area contributed by atoms with Gasteiger partial charge in [0.2, 0.25) is 0 Å². The van der Waals surface area contributed by atoms with E-state index in [2.05, 4.69) is 36.1 Å². The third-order valence-corrected chi connectivity index (χ3v) is 3.24. The molecular weight excluding hydrogens is 253 g/mol. The Morgan fingerprint density at radius 2 is 1.60 bits per heavy atom. The molecular formula is C17H20FNO. The molecule has 0 bridgehead atoms. The van der Waals surface area contributed by atoms with E-state index in [0.29, 0.717) is 6.54 Å². The zero-order valence-electron chi connectivity index (χ0n) is 12.2. The first-order valence-electron chi connectivity index (χ1n) is 6.65. The Labute approximate surface area is 119 Å². The Bertz CT molecular complexity index is 566. The van der Waals surface area contributed by atoms with Gasteiger partial charge in [0.15, 0.2) is 11.6 Å². The summed E-state index contributed by atoms with van der Waals surface area (Å²) in [5.74, 6) is -0.0244. The van der Waals surface area contributed by atoms with Crippen LogP contribution in [0.3, 0.4) is 0 Å². The van der Waals surface area contributed by atoms with Gasteiger partial charge in [-0.3, -0.25) is 4.90 Å². The number of rotatable bonds is 5. The van der Waals surface area contributed by atoms with Gasteiger partial charge in [-0.25, -0.2) is 4.39 Å². The van der Waals surface area contributed by atoms with Crippen molar-refractivity contribution in [3.05, 3.63) is 65.0 Å². The fourth-order valence-electron chi connectivity index (χ4n) is 2.18. The topological polar surface area (TPSA) is 12.5 Å². The maximum absolute atomic E-state index is 13.6. The summed E-state index contributed by atoms with van der Waals surface area (Å²) in [5, 5.41) is 0. The van der Waals surface area contributed by atoms with Crippen LogP contribution < -0.4 is 4.74 Å². The van der Waals surface area contributed by atoms with Gasteiger partial charge >= 0.3 is 0 Å². The summed E-state index contributed by atoms with van der Waals surface area (Å²) in [4.78, 5) is 2.16. The molecule has 106 valence electrons. The lowest BCUT2D eigenvalue weighted by Gasteiger charge is -2.17. The Balaban J connectivity index is 1.99. The molecule has 2 nitrogen and oxygen atoms in total. The van der Waals surface area contributed by atoms with Gasteiger partial charge in [-0.05, 0) is 37.2 Å². The summed E-state index contributed by atoms with van der Waals surface area (Å²) in [7, 11) is 3.50. The summed E-state index contributed by atoms with van der Waals surface area (Å²) in [6.45, 7) is 3.62. The predicted molar refractivity (Wildman–Crippen MR) is 79.3 cm³/mol. The highest BCUT2D eigenvalue weighted by atomic mass is 19.1. The first kappa shape index (κ1) is 14.5. The van der Waals surface area contributed by atoms with Gasteiger partial charge in [0.1, 0.15) is 0 Å². The molecule has 0 fully saturated rings. The van der Waals surface area contributed by atoms with Gasteiger partial charge in [0.05, 0.1) is 7.11 Å². The van der Waals surface area contributed by atoms with Crippen molar-refractivity contribution in [3.63, 3.8) is 0 Å². The Kier molecular flexibility index (Phi) is 4.74. The highest BCUT2D eigenvalue weighted by Crippen LogP contribution is 2.19. The molecule has 0 heterocycles. The average molecular weight is 273 g/mol. The van der Waals surface area contributed by atoms with Crippen LogP contribution in [-0.4, -0.2) is 19.1 Å². The molecule has 3 heteroatoms. The monoisotopic (exact) mass is 273 g/mol. The SMILES string of the molecule is COc1ccc(CN(C)Cc2ccc(C)cc2)cc1F. The molecule has 0 saturated heterocycles. The van der Waals surface area contributed by atoms with Gasteiger partial charge in [-0.15, -0.1) is 0 Å². The van der Waals surface area contributed by atoms with Crippen molar-refractivity contribution in [2.75, 3.05) is 14.2 Å². The van der Waals surface area contributed by atoms with Crippen molar-refractivity contribution in [1.29, 1.82) is 0 Å².